The Morgan fingerprint density at radius 3 is 2.58 bits per heavy atom. The van der Waals surface area contributed by atoms with Crippen LogP contribution in [0.3, 0.4) is 0 Å². The molecule has 0 spiro atoms. The third-order valence-corrected chi connectivity index (χ3v) is 6.19. The van der Waals surface area contributed by atoms with Gasteiger partial charge in [-0.25, -0.2) is 0 Å². The lowest BCUT2D eigenvalue weighted by Gasteiger charge is -2.23. The van der Waals surface area contributed by atoms with Gasteiger partial charge in [0.1, 0.15) is 17.2 Å². The van der Waals surface area contributed by atoms with Gasteiger partial charge < -0.3 is 14.8 Å². The van der Waals surface area contributed by atoms with Crippen molar-refractivity contribution in [2.24, 2.45) is 0 Å². The molecule has 174 valence electrons. The highest BCUT2D eigenvalue weighted by Crippen LogP contribution is 2.37. The Balaban J connectivity index is 1.63. The zero-order chi connectivity index (χ0) is 23.4. The number of likely N-dealkylation sites (tertiary alicyclic amines) is 1. The van der Waals surface area contributed by atoms with Gasteiger partial charge in [0.2, 0.25) is 0 Å². The molecule has 2 atom stereocenters. The molecule has 3 aromatic rings. The van der Waals surface area contributed by atoms with E-state index in [9.17, 15) is 4.79 Å². The molecule has 7 heteroatoms. The maximum atomic E-state index is 13.3. The Hall–Kier alpha value is -3.32. The summed E-state index contributed by atoms with van der Waals surface area (Å²) in [5, 5.41) is 7.61. The molecule has 4 rings (SSSR count). The SMILES string of the molecule is COc1ccc(OC)c([C@@H]2CN(Cc3ccccc3)C[C@H]2NC(=O)c2ccnn2C(C)C)c1. The lowest BCUT2D eigenvalue weighted by atomic mass is 9.93. The van der Waals surface area contributed by atoms with Crippen LogP contribution in [0.15, 0.2) is 60.8 Å². The average molecular weight is 449 g/mol. The van der Waals surface area contributed by atoms with Gasteiger partial charge in [0.25, 0.3) is 5.91 Å². The maximum Gasteiger partial charge on any atom is 0.269 e. The van der Waals surface area contributed by atoms with Crippen LogP contribution in [-0.2, 0) is 6.54 Å². The molecular weight excluding hydrogens is 416 g/mol. The summed E-state index contributed by atoms with van der Waals surface area (Å²) >= 11 is 0. The van der Waals surface area contributed by atoms with Crippen molar-refractivity contribution < 1.29 is 14.3 Å². The molecule has 1 aliphatic heterocycles. The van der Waals surface area contributed by atoms with Crippen molar-refractivity contribution in [3.8, 4) is 11.5 Å². The quantitative estimate of drug-likeness (QED) is 0.566. The van der Waals surface area contributed by atoms with E-state index in [0.717, 1.165) is 36.7 Å². The molecule has 1 aliphatic rings. The molecule has 2 aromatic carbocycles. The second-order valence-corrected chi connectivity index (χ2v) is 8.73. The number of hydrogen-bond acceptors (Lipinski definition) is 5. The molecule has 1 saturated heterocycles. The number of nitrogens with zero attached hydrogens (tertiary/aromatic N) is 3. The summed E-state index contributed by atoms with van der Waals surface area (Å²) in [5.74, 6) is 1.52. The number of hydrogen-bond donors (Lipinski definition) is 1. The van der Waals surface area contributed by atoms with E-state index in [1.165, 1.54) is 5.56 Å². The maximum absolute atomic E-state index is 13.3. The molecule has 0 unspecified atom stereocenters. The van der Waals surface area contributed by atoms with Crippen LogP contribution in [0, 0.1) is 0 Å². The Morgan fingerprint density at radius 2 is 1.88 bits per heavy atom. The lowest BCUT2D eigenvalue weighted by Crippen LogP contribution is -2.40. The summed E-state index contributed by atoms with van der Waals surface area (Å²) in [4.78, 5) is 15.6. The fourth-order valence-corrected chi connectivity index (χ4v) is 4.59. The van der Waals surface area contributed by atoms with Crippen molar-refractivity contribution >= 4 is 5.91 Å². The van der Waals surface area contributed by atoms with Gasteiger partial charge in [0.15, 0.2) is 0 Å². The fraction of sp³-hybridized carbons (Fsp3) is 0.385. The predicted molar refractivity (Wildman–Crippen MR) is 128 cm³/mol. The molecule has 0 bridgehead atoms. The van der Waals surface area contributed by atoms with Gasteiger partial charge in [-0.15, -0.1) is 0 Å². The van der Waals surface area contributed by atoms with Gasteiger partial charge >= 0.3 is 0 Å². The normalized spacial score (nSPS) is 18.5. The van der Waals surface area contributed by atoms with Gasteiger partial charge in [0, 0.05) is 43.4 Å². The molecule has 1 aromatic heterocycles. The molecule has 1 fully saturated rings. The number of aromatic nitrogens is 2. The van der Waals surface area contributed by atoms with Gasteiger partial charge in [-0.2, -0.15) is 5.10 Å². The van der Waals surface area contributed by atoms with Crippen molar-refractivity contribution in [3.05, 3.63) is 77.6 Å². The highest BCUT2D eigenvalue weighted by molar-refractivity contribution is 5.92. The molecule has 1 N–H and O–H groups in total. The Kier molecular flexibility index (Phi) is 6.99. The molecule has 7 nitrogen and oxygen atoms in total. The molecular formula is C26H32N4O3. The molecule has 33 heavy (non-hydrogen) atoms. The standard InChI is InChI=1S/C26H32N4O3/c1-18(2)30-24(12-13-27-30)26(31)28-23-17-29(15-19-8-6-5-7-9-19)16-22(23)21-14-20(32-3)10-11-25(21)33-4/h5-14,18,22-23H,15-17H2,1-4H3,(H,28,31)/t22-,23+/m0/s1. The van der Waals surface area contributed by atoms with E-state index >= 15 is 0 Å². The second kappa shape index (κ2) is 10.1. The van der Waals surface area contributed by atoms with Gasteiger partial charge in [0.05, 0.1) is 20.3 Å². The summed E-state index contributed by atoms with van der Waals surface area (Å²) < 4.78 is 12.9. The lowest BCUT2D eigenvalue weighted by molar-refractivity contribution is 0.0922. The molecule has 0 radical (unpaired) electrons. The summed E-state index contributed by atoms with van der Waals surface area (Å²) in [6, 6.07) is 18.0. The zero-order valence-corrected chi connectivity index (χ0v) is 19.7. The number of benzene rings is 2. The smallest absolute Gasteiger partial charge is 0.269 e. The zero-order valence-electron chi connectivity index (χ0n) is 19.7. The van der Waals surface area contributed by atoms with E-state index in [-0.39, 0.29) is 23.9 Å². The number of ether oxygens (including phenoxy) is 2. The summed E-state index contributed by atoms with van der Waals surface area (Å²) in [7, 11) is 3.34. The Morgan fingerprint density at radius 1 is 1.09 bits per heavy atom. The first-order chi connectivity index (χ1) is 16.0. The van der Waals surface area contributed by atoms with Crippen LogP contribution in [-0.4, -0.2) is 53.9 Å². The number of amides is 1. The van der Waals surface area contributed by atoms with Gasteiger partial charge in [-0.3, -0.25) is 14.4 Å². The highest BCUT2D eigenvalue weighted by atomic mass is 16.5. The van der Waals surface area contributed by atoms with Crippen LogP contribution in [0.2, 0.25) is 0 Å². The Bertz CT molecular complexity index is 1080. The van der Waals surface area contributed by atoms with Crippen molar-refractivity contribution in [1.82, 2.24) is 20.0 Å². The third-order valence-electron chi connectivity index (χ3n) is 6.19. The van der Waals surface area contributed by atoms with E-state index < -0.39 is 0 Å². The van der Waals surface area contributed by atoms with Crippen LogP contribution >= 0.6 is 0 Å². The second-order valence-electron chi connectivity index (χ2n) is 8.73. The summed E-state index contributed by atoms with van der Waals surface area (Å²) in [6.07, 6.45) is 1.67. The number of nitrogens with one attached hydrogen (secondary N) is 1. The number of methoxy groups -OCH3 is 2. The van der Waals surface area contributed by atoms with Crippen molar-refractivity contribution in [1.29, 1.82) is 0 Å². The topological polar surface area (TPSA) is 68.6 Å². The number of carbonyl (C=O) groups is 1. The minimum atomic E-state index is -0.111. The van der Waals surface area contributed by atoms with Gasteiger partial charge in [-0.05, 0) is 43.7 Å². The first-order valence-electron chi connectivity index (χ1n) is 11.3. The third kappa shape index (κ3) is 5.03. The van der Waals surface area contributed by atoms with Crippen molar-refractivity contribution in [3.63, 3.8) is 0 Å². The van der Waals surface area contributed by atoms with Crippen molar-refractivity contribution in [2.75, 3.05) is 27.3 Å². The van der Waals surface area contributed by atoms with E-state index in [2.05, 4.69) is 39.6 Å². The van der Waals surface area contributed by atoms with E-state index in [0.29, 0.717) is 5.69 Å². The van der Waals surface area contributed by atoms with Crippen molar-refractivity contribution in [2.45, 2.75) is 38.4 Å². The largest absolute Gasteiger partial charge is 0.497 e. The number of carbonyl (C=O) groups excluding carboxylic acids is 1. The molecule has 2 heterocycles. The van der Waals surface area contributed by atoms with Crippen LogP contribution < -0.4 is 14.8 Å². The fourth-order valence-electron chi connectivity index (χ4n) is 4.59. The Labute approximate surface area is 195 Å². The molecule has 1 amide bonds. The highest BCUT2D eigenvalue weighted by Gasteiger charge is 2.37. The average Bonchev–Trinajstić information content (AvgIpc) is 3.47. The van der Waals surface area contributed by atoms with E-state index in [1.807, 2.05) is 38.1 Å². The minimum absolute atomic E-state index is 0.0538. The van der Waals surface area contributed by atoms with Crippen LogP contribution in [0.25, 0.3) is 0 Å². The first kappa shape index (κ1) is 22.9. The van der Waals surface area contributed by atoms with Crippen LogP contribution in [0.4, 0.5) is 0 Å². The predicted octanol–water partition coefficient (Wildman–Crippen LogP) is 3.88. The monoisotopic (exact) mass is 448 g/mol. The van der Waals surface area contributed by atoms with Crippen LogP contribution in [0.1, 0.15) is 47.4 Å². The first-order valence-corrected chi connectivity index (χ1v) is 11.3. The van der Waals surface area contributed by atoms with Gasteiger partial charge in [-0.1, -0.05) is 30.3 Å². The van der Waals surface area contributed by atoms with Crippen LogP contribution in [0.5, 0.6) is 11.5 Å². The number of rotatable bonds is 8. The van der Waals surface area contributed by atoms with E-state index in [1.54, 1.807) is 31.2 Å². The van der Waals surface area contributed by atoms with E-state index in [4.69, 9.17) is 9.47 Å². The minimum Gasteiger partial charge on any atom is -0.497 e. The summed E-state index contributed by atoms with van der Waals surface area (Å²) in [6.45, 7) is 6.39. The molecule has 0 saturated carbocycles. The molecule has 0 aliphatic carbocycles. The summed E-state index contributed by atoms with van der Waals surface area (Å²) in [5.41, 5.74) is 2.86.